The van der Waals surface area contributed by atoms with E-state index in [0.717, 1.165) is 10.7 Å². The third-order valence-corrected chi connectivity index (χ3v) is 4.05. The van der Waals surface area contributed by atoms with Crippen molar-refractivity contribution in [3.8, 4) is 5.75 Å². The highest BCUT2D eigenvalue weighted by Crippen LogP contribution is 2.38. The molecule has 0 aliphatic carbocycles. The number of amides is 1. The Hall–Kier alpha value is -3.28. The molecule has 0 aliphatic heterocycles. The molecule has 164 valence electrons. The molecule has 1 aromatic heterocycles. The molecule has 0 aliphatic rings. The van der Waals surface area contributed by atoms with Crippen molar-refractivity contribution in [1.29, 1.82) is 0 Å². The first-order chi connectivity index (χ1) is 14.5. The lowest BCUT2D eigenvalue weighted by Crippen LogP contribution is -2.20. The highest BCUT2D eigenvalue weighted by molar-refractivity contribution is 6.30. The van der Waals surface area contributed by atoms with Gasteiger partial charge in [0.2, 0.25) is 0 Å². The van der Waals surface area contributed by atoms with Gasteiger partial charge in [-0.15, -0.1) is 0 Å². The first-order valence-corrected chi connectivity index (χ1v) is 8.53. The third-order valence-electron chi connectivity index (χ3n) is 3.82. The molecule has 1 amide bonds. The fourth-order valence-corrected chi connectivity index (χ4v) is 2.60. The maximum absolute atomic E-state index is 13.9. The molecule has 0 saturated carbocycles. The second-order valence-corrected chi connectivity index (χ2v) is 6.37. The van der Waals surface area contributed by atoms with E-state index < -0.39 is 52.3 Å². The second-order valence-electron chi connectivity index (χ2n) is 5.93. The van der Waals surface area contributed by atoms with E-state index in [2.05, 4.69) is 5.10 Å². The normalized spacial score (nSPS) is 11.5. The van der Waals surface area contributed by atoms with E-state index in [1.807, 2.05) is 0 Å². The highest BCUT2D eigenvalue weighted by atomic mass is 35.5. The van der Waals surface area contributed by atoms with Crippen LogP contribution in [0.1, 0.15) is 16.1 Å². The molecule has 0 unspecified atom stereocenters. The SMILES string of the molecule is O=C(Nc1c(F)c(F)c(C(F)(F)F)c(F)c1F)c1ccn(COc2cccc(Cl)c2)n1. The lowest BCUT2D eigenvalue weighted by Gasteiger charge is -2.14. The van der Waals surface area contributed by atoms with Gasteiger partial charge in [-0.05, 0) is 24.3 Å². The van der Waals surface area contributed by atoms with Crippen LogP contribution in [0.5, 0.6) is 5.75 Å². The van der Waals surface area contributed by atoms with Crippen molar-refractivity contribution in [1.82, 2.24) is 9.78 Å². The highest BCUT2D eigenvalue weighted by Gasteiger charge is 2.42. The van der Waals surface area contributed by atoms with Crippen molar-refractivity contribution < 1.29 is 40.3 Å². The van der Waals surface area contributed by atoms with Crippen LogP contribution in [0.15, 0.2) is 36.5 Å². The molecule has 5 nitrogen and oxygen atoms in total. The van der Waals surface area contributed by atoms with Gasteiger partial charge in [-0.1, -0.05) is 17.7 Å². The van der Waals surface area contributed by atoms with Crippen molar-refractivity contribution in [3.63, 3.8) is 0 Å². The van der Waals surface area contributed by atoms with E-state index in [1.165, 1.54) is 17.6 Å². The van der Waals surface area contributed by atoms with Crippen LogP contribution in [0.4, 0.5) is 36.4 Å². The maximum atomic E-state index is 13.9. The fraction of sp³-hybridized carbons (Fsp3) is 0.111. The van der Waals surface area contributed by atoms with Crippen LogP contribution in [-0.2, 0) is 12.9 Å². The number of alkyl halides is 3. The first-order valence-electron chi connectivity index (χ1n) is 8.15. The Morgan fingerprint density at radius 2 is 1.71 bits per heavy atom. The molecule has 0 spiro atoms. The van der Waals surface area contributed by atoms with E-state index in [4.69, 9.17) is 16.3 Å². The predicted octanol–water partition coefficient (Wildman–Crippen LogP) is 5.40. The monoisotopic (exact) mass is 467 g/mol. The topological polar surface area (TPSA) is 56.2 Å². The van der Waals surface area contributed by atoms with Crippen LogP contribution >= 0.6 is 11.6 Å². The molecule has 0 radical (unpaired) electrons. The van der Waals surface area contributed by atoms with E-state index in [0.29, 0.717) is 10.8 Å². The number of halogens is 8. The average Bonchev–Trinajstić information content (AvgIpc) is 3.16. The number of benzene rings is 2. The van der Waals surface area contributed by atoms with Crippen LogP contribution in [0, 0.1) is 23.3 Å². The predicted molar refractivity (Wildman–Crippen MR) is 93.5 cm³/mol. The number of carbonyl (C=O) groups is 1. The summed E-state index contributed by atoms with van der Waals surface area (Å²) < 4.78 is 99.4. The zero-order valence-corrected chi connectivity index (χ0v) is 15.7. The van der Waals surface area contributed by atoms with E-state index >= 15 is 0 Å². The summed E-state index contributed by atoms with van der Waals surface area (Å²) in [5, 5.41) is 5.62. The molecule has 0 fully saturated rings. The number of hydrogen-bond acceptors (Lipinski definition) is 3. The zero-order chi connectivity index (χ0) is 22.9. The molecule has 2 aromatic carbocycles. The molecule has 3 aromatic rings. The molecule has 0 bridgehead atoms. The summed E-state index contributed by atoms with van der Waals surface area (Å²) in [6.45, 7) is -0.208. The summed E-state index contributed by atoms with van der Waals surface area (Å²) >= 11 is 5.80. The number of hydrogen-bond donors (Lipinski definition) is 1. The Kier molecular flexibility index (Phi) is 6.11. The summed E-state index contributed by atoms with van der Waals surface area (Å²) in [5.74, 6) is -11.2. The van der Waals surface area contributed by atoms with Crippen LogP contribution in [0.25, 0.3) is 0 Å². The lowest BCUT2D eigenvalue weighted by atomic mass is 10.1. The largest absolute Gasteiger partial charge is 0.471 e. The quantitative estimate of drug-likeness (QED) is 0.404. The van der Waals surface area contributed by atoms with Gasteiger partial charge < -0.3 is 10.1 Å². The molecule has 1 N–H and O–H groups in total. The molecule has 3 rings (SSSR count). The fourth-order valence-electron chi connectivity index (χ4n) is 2.42. The molecular weight excluding hydrogens is 459 g/mol. The van der Waals surface area contributed by atoms with Crippen LogP contribution in [-0.4, -0.2) is 15.7 Å². The Balaban J connectivity index is 1.78. The minimum atomic E-state index is -5.69. The number of rotatable bonds is 5. The van der Waals surface area contributed by atoms with Crippen molar-refractivity contribution in [2.45, 2.75) is 12.9 Å². The summed E-state index contributed by atoms with van der Waals surface area (Å²) in [5.41, 5.74) is -4.94. The van der Waals surface area contributed by atoms with Crippen molar-refractivity contribution in [2.24, 2.45) is 0 Å². The lowest BCUT2D eigenvalue weighted by molar-refractivity contribution is -0.143. The minimum absolute atomic E-state index is 0.208. The smallest absolute Gasteiger partial charge is 0.422 e. The minimum Gasteiger partial charge on any atom is -0.471 e. The van der Waals surface area contributed by atoms with Crippen LogP contribution < -0.4 is 10.1 Å². The van der Waals surface area contributed by atoms with Crippen molar-refractivity contribution in [3.05, 3.63) is 76.1 Å². The summed E-state index contributed by atoms with van der Waals surface area (Å²) in [6, 6.07) is 7.38. The number of aromatic nitrogens is 2. The molecule has 1 heterocycles. The first kappa shape index (κ1) is 22.4. The Bertz CT molecular complexity index is 1120. The summed E-state index contributed by atoms with van der Waals surface area (Å²) in [4.78, 5) is 12.1. The molecule has 13 heteroatoms. The van der Waals surface area contributed by atoms with Gasteiger partial charge in [0.05, 0.1) is 0 Å². The van der Waals surface area contributed by atoms with Gasteiger partial charge in [-0.25, -0.2) is 22.2 Å². The second kappa shape index (κ2) is 8.46. The molecular formula is C18H9ClF7N3O2. The van der Waals surface area contributed by atoms with Gasteiger partial charge in [-0.2, -0.15) is 18.3 Å². The number of carbonyl (C=O) groups excluding carboxylic acids is 1. The van der Waals surface area contributed by atoms with Crippen LogP contribution in [0.3, 0.4) is 0 Å². The van der Waals surface area contributed by atoms with Crippen molar-refractivity contribution >= 4 is 23.2 Å². The van der Waals surface area contributed by atoms with Crippen molar-refractivity contribution in [2.75, 3.05) is 5.32 Å². The number of ether oxygens (including phenoxy) is 1. The van der Waals surface area contributed by atoms with E-state index in [9.17, 15) is 35.5 Å². The molecule has 0 saturated heterocycles. The average molecular weight is 468 g/mol. The van der Waals surface area contributed by atoms with Gasteiger partial charge in [0, 0.05) is 11.2 Å². The maximum Gasteiger partial charge on any atom is 0.422 e. The van der Waals surface area contributed by atoms with Gasteiger partial charge in [-0.3, -0.25) is 4.79 Å². The van der Waals surface area contributed by atoms with Gasteiger partial charge in [0.15, 0.2) is 35.7 Å². The summed E-state index contributed by atoms with van der Waals surface area (Å²) in [6.07, 6.45) is -4.46. The Labute approximate surface area is 174 Å². The van der Waals surface area contributed by atoms with Gasteiger partial charge in [0.1, 0.15) is 17.0 Å². The zero-order valence-electron chi connectivity index (χ0n) is 14.9. The number of nitrogens with one attached hydrogen (secondary N) is 1. The van der Waals surface area contributed by atoms with Crippen LogP contribution in [0.2, 0.25) is 5.02 Å². The van der Waals surface area contributed by atoms with Gasteiger partial charge in [0.25, 0.3) is 5.91 Å². The standard InChI is InChI=1S/C18H9ClF7N3O2/c19-8-2-1-3-9(6-8)31-7-29-5-4-10(28-29)17(30)27-16-14(22)12(20)11(18(24,25)26)13(21)15(16)23/h1-6H,7H2,(H,27,30). The summed E-state index contributed by atoms with van der Waals surface area (Å²) in [7, 11) is 0. The van der Waals surface area contributed by atoms with E-state index in [-0.39, 0.29) is 6.73 Å². The van der Waals surface area contributed by atoms with E-state index in [1.54, 1.807) is 18.2 Å². The third kappa shape index (κ3) is 4.74. The molecule has 31 heavy (non-hydrogen) atoms. The number of anilines is 1. The molecule has 0 atom stereocenters. The Morgan fingerprint density at radius 3 is 2.29 bits per heavy atom. The Morgan fingerprint density at radius 1 is 1.06 bits per heavy atom. The number of nitrogens with zero attached hydrogens (tertiary/aromatic N) is 2. The van der Waals surface area contributed by atoms with Gasteiger partial charge >= 0.3 is 6.18 Å².